The quantitative estimate of drug-likeness (QED) is 0.0817. The molecule has 0 atom stereocenters. The third-order valence-electron chi connectivity index (χ3n) is 6.33. The highest BCUT2D eigenvalue weighted by atomic mass is 19.1. The van der Waals surface area contributed by atoms with Crippen molar-refractivity contribution in [3.63, 3.8) is 0 Å². The first kappa shape index (κ1) is 40.8. The monoisotopic (exact) mass is 734 g/mol. The van der Waals surface area contributed by atoms with E-state index in [2.05, 4.69) is 44.7 Å². The van der Waals surface area contributed by atoms with E-state index in [9.17, 15) is 28.8 Å². The Balaban J connectivity index is 2.04. The number of ether oxygens (including phenoxy) is 6. The van der Waals surface area contributed by atoms with Gasteiger partial charge >= 0.3 is 35.8 Å². The highest BCUT2D eigenvalue weighted by Crippen LogP contribution is 2.42. The molecule has 274 valence electrons. The summed E-state index contributed by atoms with van der Waals surface area (Å²) in [5, 5.41) is 0. The van der Waals surface area contributed by atoms with E-state index < -0.39 is 64.4 Å². The summed E-state index contributed by atoms with van der Waals surface area (Å²) in [5.41, 5.74) is 0.404. The minimum atomic E-state index is -1.28. The fraction of sp³-hybridized carbons (Fsp3) is 0.0732. The lowest BCUT2D eigenvalue weighted by Gasteiger charge is -2.15. The zero-order valence-corrected chi connectivity index (χ0v) is 29.2. The molecule has 0 amide bonds. The van der Waals surface area contributed by atoms with Gasteiger partial charge in [0.05, 0.1) is 5.56 Å². The Kier molecular flexibility index (Phi) is 14.1. The first-order valence-electron chi connectivity index (χ1n) is 15.4. The SMILES string of the molecule is C=CC(=O)Oc1cc(C#Cc2ccc(OC(=O)C(=C)C)cc2)c(F)c(OC(=O)C=C)c1OC(=O)/C=C/c1ccc(OC(=O)C(=C)C)c(OC(=O)C(=C)C)c1. The van der Waals surface area contributed by atoms with Crippen LogP contribution in [0.4, 0.5) is 4.39 Å². The summed E-state index contributed by atoms with van der Waals surface area (Å²) in [7, 11) is 0. The normalized spacial score (nSPS) is 10.1. The van der Waals surface area contributed by atoms with Crippen molar-refractivity contribution in [3.05, 3.63) is 139 Å². The third kappa shape index (κ3) is 11.5. The molecule has 0 radical (unpaired) electrons. The van der Waals surface area contributed by atoms with Crippen LogP contribution >= 0.6 is 0 Å². The van der Waals surface area contributed by atoms with Gasteiger partial charge in [0.25, 0.3) is 0 Å². The van der Waals surface area contributed by atoms with Crippen molar-refractivity contribution >= 4 is 41.9 Å². The smallest absolute Gasteiger partial charge is 0.338 e. The van der Waals surface area contributed by atoms with Gasteiger partial charge in [0.15, 0.2) is 23.1 Å². The Morgan fingerprint density at radius 2 is 1.13 bits per heavy atom. The zero-order chi connectivity index (χ0) is 40.1. The standard InChI is InChI=1S/C41H31FO12/c1-9-33(43)50-32-22-28(16-11-26-12-17-29(18-13-26)49-39(46)23(3)4)36(42)38(53-34(44)10-2)37(32)54-35(45)20-15-27-14-19-30(51-40(47)24(5)6)31(21-27)52-41(48)25(7)8/h9-10,12-15,17-22H,1-3,5,7H2,4,6,8H3/b20-15+. The second-order valence-corrected chi connectivity index (χ2v) is 10.9. The number of rotatable bonds is 13. The lowest BCUT2D eigenvalue weighted by atomic mass is 10.1. The van der Waals surface area contributed by atoms with Gasteiger partial charge in [-0.15, -0.1) is 0 Å². The van der Waals surface area contributed by atoms with Crippen molar-refractivity contribution in [2.45, 2.75) is 20.8 Å². The predicted octanol–water partition coefficient (Wildman–Crippen LogP) is 6.47. The van der Waals surface area contributed by atoms with Crippen LogP contribution in [-0.4, -0.2) is 35.8 Å². The summed E-state index contributed by atoms with van der Waals surface area (Å²) in [5.74, 6) is -4.26. The van der Waals surface area contributed by atoms with Crippen LogP contribution in [0.2, 0.25) is 0 Å². The average Bonchev–Trinajstić information content (AvgIpc) is 3.13. The molecule has 0 unspecified atom stereocenters. The molecular formula is C41H31FO12. The van der Waals surface area contributed by atoms with Gasteiger partial charge in [-0.05, 0) is 68.8 Å². The van der Waals surface area contributed by atoms with E-state index >= 15 is 4.39 Å². The first-order valence-corrected chi connectivity index (χ1v) is 15.4. The van der Waals surface area contributed by atoms with Crippen molar-refractivity contribution < 1.29 is 61.6 Å². The molecule has 0 aliphatic heterocycles. The Hall–Kier alpha value is -7.59. The minimum absolute atomic E-state index is 0.0410. The molecule has 0 fully saturated rings. The maximum Gasteiger partial charge on any atom is 0.338 e. The molecule has 12 nitrogen and oxygen atoms in total. The van der Waals surface area contributed by atoms with Gasteiger partial charge in [0.2, 0.25) is 11.5 Å². The molecule has 0 bridgehead atoms. The molecule has 0 N–H and O–H groups in total. The summed E-state index contributed by atoms with van der Waals surface area (Å²) < 4.78 is 47.2. The summed E-state index contributed by atoms with van der Waals surface area (Å²) >= 11 is 0. The number of esters is 6. The highest BCUT2D eigenvalue weighted by Gasteiger charge is 2.26. The van der Waals surface area contributed by atoms with E-state index in [1.807, 2.05) is 0 Å². The van der Waals surface area contributed by atoms with Gasteiger partial charge in [-0.1, -0.05) is 50.8 Å². The fourth-order valence-corrected chi connectivity index (χ4v) is 3.65. The van der Waals surface area contributed by atoms with E-state index in [-0.39, 0.29) is 39.5 Å². The number of carbonyl (C=O) groups is 6. The molecule has 0 aliphatic rings. The van der Waals surface area contributed by atoms with Gasteiger partial charge in [0, 0.05) is 46.6 Å². The Morgan fingerprint density at radius 3 is 1.70 bits per heavy atom. The van der Waals surface area contributed by atoms with Crippen molar-refractivity contribution in [2.75, 3.05) is 0 Å². The van der Waals surface area contributed by atoms with E-state index in [1.54, 1.807) is 0 Å². The van der Waals surface area contributed by atoms with E-state index in [0.717, 1.165) is 18.2 Å². The molecule has 3 aromatic carbocycles. The van der Waals surface area contributed by atoms with Gasteiger partial charge in [-0.3, -0.25) is 0 Å². The molecule has 3 rings (SSSR count). The summed E-state index contributed by atoms with van der Waals surface area (Å²) in [6.45, 7) is 21.4. The van der Waals surface area contributed by atoms with Crippen LogP contribution in [-0.2, 0) is 28.8 Å². The van der Waals surface area contributed by atoms with Crippen LogP contribution in [0.5, 0.6) is 34.5 Å². The minimum Gasteiger partial charge on any atom is -0.423 e. The Morgan fingerprint density at radius 1 is 0.593 bits per heavy atom. The van der Waals surface area contributed by atoms with Gasteiger partial charge < -0.3 is 28.4 Å². The van der Waals surface area contributed by atoms with Crippen LogP contribution in [0, 0.1) is 17.7 Å². The van der Waals surface area contributed by atoms with Crippen LogP contribution in [0.25, 0.3) is 6.08 Å². The molecule has 13 heteroatoms. The lowest BCUT2D eigenvalue weighted by Crippen LogP contribution is -2.14. The van der Waals surface area contributed by atoms with Crippen molar-refractivity contribution in [1.29, 1.82) is 0 Å². The molecule has 0 saturated carbocycles. The second kappa shape index (κ2) is 18.6. The molecule has 0 spiro atoms. The molecule has 0 aromatic heterocycles. The van der Waals surface area contributed by atoms with Crippen LogP contribution in [0.15, 0.2) is 116 Å². The highest BCUT2D eigenvalue weighted by molar-refractivity contribution is 5.93. The molecule has 54 heavy (non-hydrogen) atoms. The van der Waals surface area contributed by atoms with Gasteiger partial charge in [-0.2, -0.15) is 0 Å². The number of benzene rings is 3. The average molecular weight is 735 g/mol. The first-order chi connectivity index (χ1) is 25.5. The number of hydrogen-bond donors (Lipinski definition) is 0. The van der Waals surface area contributed by atoms with Crippen LogP contribution in [0.3, 0.4) is 0 Å². The molecule has 0 saturated heterocycles. The summed E-state index contributed by atoms with van der Waals surface area (Å²) in [6, 6.07) is 10.7. The summed E-state index contributed by atoms with van der Waals surface area (Å²) in [6.07, 6.45) is 3.53. The fourth-order valence-electron chi connectivity index (χ4n) is 3.65. The van der Waals surface area contributed by atoms with Crippen LogP contribution in [0.1, 0.15) is 37.5 Å². The zero-order valence-electron chi connectivity index (χ0n) is 29.2. The number of halogens is 1. The van der Waals surface area contributed by atoms with Crippen molar-refractivity contribution in [3.8, 4) is 46.3 Å². The Bertz CT molecular complexity index is 2210. The number of hydrogen-bond acceptors (Lipinski definition) is 12. The van der Waals surface area contributed by atoms with Gasteiger partial charge in [-0.25, -0.2) is 33.2 Å². The third-order valence-corrected chi connectivity index (χ3v) is 6.33. The summed E-state index contributed by atoms with van der Waals surface area (Å²) in [4.78, 5) is 73.7. The predicted molar refractivity (Wildman–Crippen MR) is 193 cm³/mol. The lowest BCUT2D eigenvalue weighted by molar-refractivity contribution is -0.132. The molecule has 3 aromatic rings. The van der Waals surface area contributed by atoms with E-state index in [1.165, 1.54) is 69.3 Å². The molecule has 0 aliphatic carbocycles. The Labute approximate surface area is 309 Å². The van der Waals surface area contributed by atoms with Crippen LogP contribution < -0.4 is 28.4 Å². The van der Waals surface area contributed by atoms with Gasteiger partial charge in [0.1, 0.15) is 5.75 Å². The van der Waals surface area contributed by atoms with Crippen molar-refractivity contribution in [2.24, 2.45) is 0 Å². The maximum atomic E-state index is 16.0. The van der Waals surface area contributed by atoms with E-state index in [0.29, 0.717) is 11.6 Å². The molecule has 0 heterocycles. The van der Waals surface area contributed by atoms with E-state index in [4.69, 9.17) is 28.4 Å². The largest absolute Gasteiger partial charge is 0.423 e. The second-order valence-electron chi connectivity index (χ2n) is 10.9. The topological polar surface area (TPSA) is 158 Å². The maximum absolute atomic E-state index is 16.0. The van der Waals surface area contributed by atoms with Crippen molar-refractivity contribution in [1.82, 2.24) is 0 Å². The molecular weight excluding hydrogens is 703 g/mol. The number of carbonyl (C=O) groups excluding carboxylic acids is 6.